The lowest BCUT2D eigenvalue weighted by molar-refractivity contribution is 0.533. The van der Waals surface area contributed by atoms with Crippen LogP contribution in [-0.4, -0.2) is 16.0 Å². The zero-order valence-corrected chi connectivity index (χ0v) is 13.5. The van der Waals surface area contributed by atoms with E-state index in [1.165, 1.54) is 5.56 Å². The minimum Gasteiger partial charge on any atom is -0.241 e. The van der Waals surface area contributed by atoms with Gasteiger partial charge in [0.15, 0.2) is 5.82 Å². The highest BCUT2D eigenvalue weighted by molar-refractivity contribution is 6.30. The lowest BCUT2D eigenvalue weighted by atomic mass is 10.0. The van der Waals surface area contributed by atoms with Crippen molar-refractivity contribution in [1.29, 1.82) is 0 Å². The van der Waals surface area contributed by atoms with Crippen LogP contribution in [0.3, 0.4) is 0 Å². The zero-order valence-electron chi connectivity index (χ0n) is 12.8. The van der Waals surface area contributed by atoms with E-state index >= 15 is 0 Å². The molecule has 2 aromatic carbocycles. The number of aliphatic imine (C=N–C) groups is 1. The van der Waals surface area contributed by atoms with Crippen LogP contribution in [-0.2, 0) is 0 Å². The van der Waals surface area contributed by atoms with Crippen molar-refractivity contribution < 1.29 is 0 Å². The topological polar surface area (TPSA) is 30.2 Å². The quantitative estimate of drug-likeness (QED) is 0.637. The van der Waals surface area contributed by atoms with Crippen LogP contribution >= 0.6 is 11.6 Å². The second-order valence-electron chi connectivity index (χ2n) is 5.71. The van der Waals surface area contributed by atoms with E-state index < -0.39 is 0 Å². The highest BCUT2D eigenvalue weighted by Gasteiger charge is 2.25. The fraction of sp³-hybridized carbons (Fsp3) is 0.158. The molecule has 1 atom stereocenters. The third-order valence-electron chi connectivity index (χ3n) is 4.21. The molecule has 0 saturated carbocycles. The summed E-state index contributed by atoms with van der Waals surface area (Å²) in [6.07, 6.45) is 2.85. The van der Waals surface area contributed by atoms with E-state index in [0.717, 1.165) is 34.1 Å². The number of benzene rings is 2. The van der Waals surface area contributed by atoms with E-state index in [2.05, 4.69) is 33.9 Å². The van der Waals surface area contributed by atoms with Crippen molar-refractivity contribution in [3.05, 3.63) is 70.9 Å². The molecular formula is C19H16ClN3. The average Bonchev–Trinajstić information content (AvgIpc) is 2.92. The number of hydrogen-bond donors (Lipinski definition) is 0. The molecule has 1 aliphatic heterocycles. The predicted octanol–water partition coefficient (Wildman–Crippen LogP) is 5.21. The van der Waals surface area contributed by atoms with Gasteiger partial charge < -0.3 is 0 Å². The van der Waals surface area contributed by atoms with Gasteiger partial charge in [0.25, 0.3) is 0 Å². The molecular weight excluding hydrogens is 306 g/mol. The molecule has 0 amide bonds. The summed E-state index contributed by atoms with van der Waals surface area (Å²) >= 11 is 6.01. The van der Waals surface area contributed by atoms with Crippen LogP contribution in [0.25, 0.3) is 11.1 Å². The lowest BCUT2D eigenvalue weighted by Crippen LogP contribution is -2.15. The van der Waals surface area contributed by atoms with Crippen LogP contribution < -0.4 is 0 Å². The molecule has 3 aromatic rings. The SMILES string of the molecule is Cc1nn2c(c1-c1ccc(Cl)cc1)N=CC[C@H]2c1ccccc1. The van der Waals surface area contributed by atoms with Gasteiger partial charge in [-0.1, -0.05) is 54.1 Å². The maximum Gasteiger partial charge on any atom is 0.158 e. The van der Waals surface area contributed by atoms with Crippen molar-refractivity contribution in [2.75, 3.05) is 0 Å². The number of fused-ring (bicyclic) bond motifs is 1. The van der Waals surface area contributed by atoms with E-state index in [0.29, 0.717) is 0 Å². The molecule has 0 bridgehead atoms. The summed E-state index contributed by atoms with van der Waals surface area (Å²) in [6.45, 7) is 2.03. The Labute approximate surface area is 140 Å². The molecule has 0 radical (unpaired) electrons. The molecule has 4 rings (SSSR count). The van der Waals surface area contributed by atoms with E-state index in [9.17, 15) is 0 Å². The summed E-state index contributed by atoms with van der Waals surface area (Å²) in [4.78, 5) is 4.63. The van der Waals surface area contributed by atoms with Crippen LogP contribution in [0.15, 0.2) is 59.6 Å². The van der Waals surface area contributed by atoms with Crippen molar-refractivity contribution in [2.45, 2.75) is 19.4 Å². The van der Waals surface area contributed by atoms with Crippen molar-refractivity contribution in [3.8, 4) is 11.1 Å². The summed E-state index contributed by atoms with van der Waals surface area (Å²) in [7, 11) is 0. The third-order valence-corrected chi connectivity index (χ3v) is 4.47. The Bertz CT molecular complexity index is 864. The van der Waals surface area contributed by atoms with E-state index in [1.807, 2.05) is 43.5 Å². The smallest absolute Gasteiger partial charge is 0.158 e. The fourth-order valence-electron chi connectivity index (χ4n) is 3.12. The first-order valence-corrected chi connectivity index (χ1v) is 8.04. The van der Waals surface area contributed by atoms with E-state index in [1.54, 1.807) is 0 Å². The number of halogens is 1. The molecule has 0 N–H and O–H groups in total. The predicted molar refractivity (Wildman–Crippen MR) is 94.8 cm³/mol. The Morgan fingerprint density at radius 2 is 1.78 bits per heavy atom. The highest BCUT2D eigenvalue weighted by Crippen LogP contribution is 2.39. The summed E-state index contributed by atoms with van der Waals surface area (Å²) in [5, 5.41) is 5.51. The summed E-state index contributed by atoms with van der Waals surface area (Å²) < 4.78 is 2.05. The Morgan fingerprint density at radius 1 is 1.04 bits per heavy atom. The van der Waals surface area contributed by atoms with Crippen molar-refractivity contribution >= 4 is 23.6 Å². The van der Waals surface area contributed by atoms with Crippen LogP contribution in [0, 0.1) is 6.92 Å². The molecule has 23 heavy (non-hydrogen) atoms. The van der Waals surface area contributed by atoms with Gasteiger partial charge in [-0.15, -0.1) is 0 Å². The Morgan fingerprint density at radius 3 is 2.52 bits per heavy atom. The molecule has 1 aromatic heterocycles. The zero-order chi connectivity index (χ0) is 15.8. The number of hydrogen-bond acceptors (Lipinski definition) is 2. The summed E-state index contributed by atoms with van der Waals surface area (Å²) in [5.41, 5.74) is 4.42. The third kappa shape index (κ3) is 2.47. The van der Waals surface area contributed by atoms with Crippen LogP contribution in [0.4, 0.5) is 5.82 Å². The molecule has 0 spiro atoms. The molecule has 0 fully saturated rings. The maximum absolute atomic E-state index is 6.01. The van der Waals surface area contributed by atoms with Gasteiger partial charge in [0.2, 0.25) is 0 Å². The van der Waals surface area contributed by atoms with Crippen molar-refractivity contribution in [3.63, 3.8) is 0 Å². The first kappa shape index (κ1) is 14.2. The number of aromatic nitrogens is 2. The maximum atomic E-state index is 6.01. The van der Waals surface area contributed by atoms with Crippen LogP contribution in [0.2, 0.25) is 5.02 Å². The molecule has 3 nitrogen and oxygen atoms in total. The van der Waals surface area contributed by atoms with Gasteiger partial charge in [0.1, 0.15) is 0 Å². The molecule has 0 aliphatic carbocycles. The minimum absolute atomic E-state index is 0.198. The van der Waals surface area contributed by atoms with Gasteiger partial charge >= 0.3 is 0 Å². The summed E-state index contributed by atoms with van der Waals surface area (Å²) in [6, 6.07) is 18.5. The first-order chi connectivity index (χ1) is 11.2. The molecule has 2 heterocycles. The number of rotatable bonds is 2. The standard InChI is InChI=1S/C19H16ClN3/c1-13-18(15-7-9-16(20)10-8-15)19-21-12-11-17(23(19)22-13)14-5-3-2-4-6-14/h2-10,12,17H,11H2,1H3/t17-/m0/s1. The van der Waals surface area contributed by atoms with Crippen LogP contribution in [0.1, 0.15) is 23.7 Å². The van der Waals surface area contributed by atoms with Gasteiger partial charge in [-0.05, 0) is 30.2 Å². The average molecular weight is 322 g/mol. The number of aryl methyl sites for hydroxylation is 1. The van der Waals surface area contributed by atoms with Gasteiger partial charge in [-0.2, -0.15) is 5.10 Å². The second kappa shape index (κ2) is 5.67. The van der Waals surface area contributed by atoms with E-state index in [4.69, 9.17) is 16.7 Å². The van der Waals surface area contributed by atoms with Gasteiger partial charge in [0.05, 0.1) is 11.7 Å². The largest absolute Gasteiger partial charge is 0.241 e. The Balaban J connectivity index is 1.85. The molecule has 0 saturated heterocycles. The van der Waals surface area contributed by atoms with Crippen LogP contribution in [0.5, 0.6) is 0 Å². The lowest BCUT2D eigenvalue weighted by Gasteiger charge is -2.21. The van der Waals surface area contributed by atoms with Crippen molar-refractivity contribution in [1.82, 2.24) is 9.78 Å². The van der Waals surface area contributed by atoms with Gasteiger partial charge in [0, 0.05) is 23.2 Å². The first-order valence-electron chi connectivity index (χ1n) is 7.66. The summed E-state index contributed by atoms with van der Waals surface area (Å²) in [5.74, 6) is 0.921. The van der Waals surface area contributed by atoms with Crippen molar-refractivity contribution in [2.24, 2.45) is 4.99 Å². The molecule has 0 unspecified atom stereocenters. The second-order valence-corrected chi connectivity index (χ2v) is 6.15. The minimum atomic E-state index is 0.198. The Hall–Kier alpha value is -2.39. The Kier molecular flexibility index (Phi) is 3.50. The highest BCUT2D eigenvalue weighted by atomic mass is 35.5. The van der Waals surface area contributed by atoms with Gasteiger partial charge in [-0.25, -0.2) is 9.67 Å². The number of nitrogens with zero attached hydrogens (tertiary/aromatic N) is 3. The molecule has 1 aliphatic rings. The normalized spacial score (nSPS) is 16.3. The van der Waals surface area contributed by atoms with Gasteiger partial charge in [-0.3, -0.25) is 0 Å². The fourth-order valence-corrected chi connectivity index (χ4v) is 3.25. The molecule has 114 valence electrons. The van der Waals surface area contributed by atoms with E-state index in [-0.39, 0.29) is 6.04 Å². The monoisotopic (exact) mass is 321 g/mol. The molecule has 4 heteroatoms.